The molecule has 8 aromatic carbocycles. The van der Waals surface area contributed by atoms with Crippen LogP contribution in [0.4, 0.5) is 0 Å². The van der Waals surface area contributed by atoms with Gasteiger partial charge >= 0.3 is 0 Å². The summed E-state index contributed by atoms with van der Waals surface area (Å²) in [6.45, 7) is 0. The molecule has 0 fully saturated rings. The molecule has 0 spiro atoms. The molecule has 6 heterocycles. The lowest BCUT2D eigenvalue weighted by Crippen LogP contribution is -2.06. The van der Waals surface area contributed by atoms with Crippen LogP contribution >= 0.6 is 0 Å². The van der Waals surface area contributed by atoms with Gasteiger partial charge in [-0.2, -0.15) is 9.97 Å². The van der Waals surface area contributed by atoms with Gasteiger partial charge < -0.3 is 8.82 Å². The van der Waals surface area contributed by atoms with E-state index in [2.05, 4.69) is 165 Å². The molecule has 6 aromatic heterocycles. The van der Waals surface area contributed by atoms with Crippen LogP contribution in [-0.4, -0.2) is 23.5 Å². The van der Waals surface area contributed by atoms with Gasteiger partial charge in [0, 0.05) is 48.5 Å². The first-order chi connectivity index (χ1) is 27.8. The second-order valence-electron chi connectivity index (χ2n) is 14.9. The third-order valence-corrected chi connectivity index (χ3v) is 12.2. The van der Waals surface area contributed by atoms with E-state index >= 15 is 0 Å². The van der Waals surface area contributed by atoms with Crippen molar-refractivity contribution in [3.63, 3.8) is 0 Å². The van der Waals surface area contributed by atoms with Crippen LogP contribution in [0.2, 0.25) is 0 Å². The number of hydrogen-bond donors (Lipinski definition) is 0. The van der Waals surface area contributed by atoms with Crippen molar-refractivity contribution < 1.29 is 4.42 Å². The van der Waals surface area contributed by atoms with Crippen molar-refractivity contribution in [1.82, 2.24) is 23.5 Å². The minimum Gasteiger partial charge on any atom is -0.437 e. The highest BCUT2D eigenvalue weighted by Crippen LogP contribution is 2.48. The van der Waals surface area contributed by atoms with E-state index < -0.39 is 0 Å². The Labute approximate surface area is 317 Å². The average Bonchev–Trinajstić information content (AvgIpc) is 4.05. The summed E-state index contributed by atoms with van der Waals surface area (Å²) in [5.74, 6) is 1.35. The monoisotopic (exact) mass is 713 g/mol. The van der Waals surface area contributed by atoms with Gasteiger partial charge in [-0.15, -0.1) is 0 Å². The van der Waals surface area contributed by atoms with Crippen LogP contribution in [0, 0.1) is 0 Å². The summed E-state index contributed by atoms with van der Waals surface area (Å²) in [4.78, 5) is 11.0. The molecule has 0 unspecified atom stereocenters. The Hall–Kier alpha value is -7.70. The summed E-state index contributed by atoms with van der Waals surface area (Å²) in [7, 11) is 0. The molecule has 14 rings (SSSR count). The number of nitrogens with zero attached hydrogens (tertiary/aromatic N) is 5. The molecule has 0 aliphatic carbocycles. The van der Waals surface area contributed by atoms with Crippen molar-refractivity contribution in [3.8, 4) is 11.8 Å². The van der Waals surface area contributed by atoms with Gasteiger partial charge in [0.15, 0.2) is 5.82 Å². The van der Waals surface area contributed by atoms with E-state index in [1.54, 1.807) is 0 Å². The molecule has 0 saturated heterocycles. The summed E-state index contributed by atoms with van der Waals surface area (Å²) in [5.41, 5.74) is 9.25. The van der Waals surface area contributed by atoms with Crippen LogP contribution in [0.3, 0.4) is 0 Å². The smallest absolute Gasteiger partial charge is 0.240 e. The van der Waals surface area contributed by atoms with Crippen LogP contribution in [0.25, 0.3) is 126 Å². The van der Waals surface area contributed by atoms with Crippen molar-refractivity contribution in [2.45, 2.75) is 0 Å². The number of furan rings is 1. The van der Waals surface area contributed by atoms with E-state index in [9.17, 15) is 0 Å². The van der Waals surface area contributed by atoms with Crippen molar-refractivity contribution in [2.75, 3.05) is 0 Å². The first-order valence-electron chi connectivity index (χ1n) is 19.0. The Balaban J connectivity index is 1.22. The van der Waals surface area contributed by atoms with Gasteiger partial charge in [0.05, 0.1) is 44.0 Å². The van der Waals surface area contributed by atoms with Gasteiger partial charge in [-0.05, 0) is 53.2 Å². The van der Waals surface area contributed by atoms with Crippen molar-refractivity contribution in [3.05, 3.63) is 164 Å². The number of aromatic nitrogens is 5. The molecule has 14 aromatic rings. The predicted molar refractivity (Wildman–Crippen MR) is 230 cm³/mol. The van der Waals surface area contributed by atoms with Crippen LogP contribution in [0.5, 0.6) is 0 Å². The van der Waals surface area contributed by atoms with E-state index in [1.165, 1.54) is 65.0 Å². The zero-order valence-corrected chi connectivity index (χ0v) is 29.7. The fraction of sp³-hybridized carbons (Fsp3) is 0. The Morgan fingerprint density at radius 2 is 0.946 bits per heavy atom. The van der Waals surface area contributed by atoms with Crippen LogP contribution in [0.1, 0.15) is 0 Å². The summed E-state index contributed by atoms with van der Waals surface area (Å²) >= 11 is 0. The minimum atomic E-state index is 0.553. The summed E-state index contributed by atoms with van der Waals surface area (Å²) in [5, 5.41) is 14.0. The SMILES string of the molecule is c1ccc2c(c1)ccc1c2c2c3c4ccccc4n(-c4nc(-n5c6ccccc6c6ccccc65)c5c(n4)oc4ccccc45)c3cc3c4ccccc4n1c32. The largest absolute Gasteiger partial charge is 0.437 e. The Morgan fingerprint density at radius 1 is 0.375 bits per heavy atom. The second-order valence-corrected chi connectivity index (χ2v) is 14.9. The molecule has 0 saturated carbocycles. The van der Waals surface area contributed by atoms with Gasteiger partial charge in [0.1, 0.15) is 5.58 Å². The molecule has 0 N–H and O–H groups in total. The number of benzene rings is 8. The molecule has 0 atom stereocenters. The molecule has 6 nitrogen and oxygen atoms in total. The van der Waals surface area contributed by atoms with E-state index in [1.807, 2.05) is 12.1 Å². The lowest BCUT2D eigenvalue weighted by Gasteiger charge is -2.12. The van der Waals surface area contributed by atoms with Crippen molar-refractivity contribution in [1.29, 1.82) is 0 Å². The van der Waals surface area contributed by atoms with Crippen molar-refractivity contribution >= 4 is 115 Å². The van der Waals surface area contributed by atoms with Crippen LogP contribution in [0.15, 0.2) is 168 Å². The third kappa shape index (κ3) is 3.39. The van der Waals surface area contributed by atoms with Crippen molar-refractivity contribution in [2.24, 2.45) is 0 Å². The maximum Gasteiger partial charge on any atom is 0.240 e. The van der Waals surface area contributed by atoms with Gasteiger partial charge in [0.25, 0.3) is 0 Å². The first-order valence-corrected chi connectivity index (χ1v) is 19.0. The molecule has 0 radical (unpaired) electrons. The summed E-state index contributed by atoms with van der Waals surface area (Å²) in [6, 6.07) is 58.5. The Kier molecular flexibility index (Phi) is 5.18. The van der Waals surface area contributed by atoms with Gasteiger partial charge in [-0.1, -0.05) is 121 Å². The number of rotatable bonds is 2. The lowest BCUT2D eigenvalue weighted by atomic mass is 9.98. The average molecular weight is 714 g/mol. The molecular weight excluding hydrogens is 687 g/mol. The van der Waals surface area contributed by atoms with E-state index in [4.69, 9.17) is 14.4 Å². The molecule has 258 valence electrons. The minimum absolute atomic E-state index is 0.553. The Bertz CT molecular complexity index is 3960. The molecule has 0 amide bonds. The number of para-hydroxylation sites is 5. The van der Waals surface area contributed by atoms with Gasteiger partial charge in [-0.3, -0.25) is 9.13 Å². The molecule has 56 heavy (non-hydrogen) atoms. The lowest BCUT2D eigenvalue weighted by molar-refractivity contribution is 0.650. The fourth-order valence-corrected chi connectivity index (χ4v) is 10.00. The molecular formula is C50H27N5O. The van der Waals surface area contributed by atoms with E-state index in [0.717, 1.165) is 49.6 Å². The highest BCUT2D eigenvalue weighted by atomic mass is 16.3. The third-order valence-electron chi connectivity index (χ3n) is 12.2. The zero-order valence-electron chi connectivity index (χ0n) is 29.7. The van der Waals surface area contributed by atoms with E-state index in [0.29, 0.717) is 11.7 Å². The van der Waals surface area contributed by atoms with E-state index in [-0.39, 0.29) is 0 Å². The standard InChI is InChI=1S/C50H27N5O/c1-2-14-29-28(13-1)25-26-40-43(29)46-44-33-18-6-11-23-39(33)55(41(44)27-35-32-17-5-8-20-36(32)53(40)47(35)46)50-51-48(45-34-19-7-12-24-42(34)56-49(45)52-50)54-37-21-9-3-15-30(37)31-16-4-10-22-38(31)54/h1-27H. The highest BCUT2D eigenvalue weighted by molar-refractivity contribution is 6.38. The summed E-state index contributed by atoms with van der Waals surface area (Å²) < 4.78 is 13.7. The first kappa shape index (κ1) is 28.8. The van der Waals surface area contributed by atoms with Crippen LogP contribution in [-0.2, 0) is 0 Å². The molecule has 0 aliphatic heterocycles. The predicted octanol–water partition coefficient (Wildman–Crippen LogP) is 12.9. The molecule has 6 heteroatoms. The second kappa shape index (κ2) is 10.1. The number of fused-ring (bicyclic) bond motifs is 18. The topological polar surface area (TPSA) is 53.2 Å². The highest BCUT2D eigenvalue weighted by Gasteiger charge is 2.27. The van der Waals surface area contributed by atoms with Gasteiger partial charge in [0.2, 0.25) is 11.7 Å². The normalized spacial score (nSPS) is 12.6. The molecule has 0 aliphatic rings. The maximum atomic E-state index is 6.66. The Morgan fingerprint density at radius 3 is 1.70 bits per heavy atom. The quantitative estimate of drug-likeness (QED) is 0.179. The van der Waals surface area contributed by atoms with Crippen LogP contribution < -0.4 is 0 Å². The zero-order chi connectivity index (χ0) is 36.2. The fourth-order valence-electron chi connectivity index (χ4n) is 10.00. The molecule has 0 bridgehead atoms. The maximum absolute atomic E-state index is 6.66. The van der Waals surface area contributed by atoms with Gasteiger partial charge in [-0.25, -0.2) is 0 Å². The summed E-state index contributed by atoms with van der Waals surface area (Å²) in [6.07, 6.45) is 0. The number of hydrogen-bond acceptors (Lipinski definition) is 3.